The van der Waals surface area contributed by atoms with Gasteiger partial charge in [0, 0.05) is 6.20 Å². The van der Waals surface area contributed by atoms with Crippen molar-refractivity contribution < 1.29 is 9.90 Å². The molecule has 6 heteroatoms. The molecule has 2 N–H and O–H groups in total. The maximum absolute atomic E-state index is 10.6. The van der Waals surface area contributed by atoms with Gasteiger partial charge >= 0.3 is 5.97 Å². The lowest BCUT2D eigenvalue weighted by Gasteiger charge is -2.11. The van der Waals surface area contributed by atoms with E-state index in [1.807, 2.05) is 0 Å². The number of nitrogens with zero attached hydrogens (tertiary/aromatic N) is 2. The number of thiol groups is 1. The van der Waals surface area contributed by atoms with Gasteiger partial charge in [0.1, 0.15) is 0 Å². The lowest BCUT2D eigenvalue weighted by Crippen LogP contribution is -2.17. The Bertz CT molecular complexity index is 381. The molecular weight excluding hydrogens is 214 g/mol. The molecule has 1 aromatic rings. The molecule has 0 saturated heterocycles. The minimum atomic E-state index is -1.05. The molecule has 0 spiro atoms. The van der Waals surface area contributed by atoms with Crippen LogP contribution < -0.4 is 5.32 Å². The van der Waals surface area contributed by atoms with Crippen LogP contribution in [0.5, 0.6) is 0 Å². The van der Waals surface area contributed by atoms with Crippen molar-refractivity contribution in [2.24, 2.45) is 5.92 Å². The van der Waals surface area contributed by atoms with E-state index in [-0.39, 0.29) is 11.1 Å². The van der Waals surface area contributed by atoms with E-state index in [0.29, 0.717) is 11.9 Å². The molecule has 1 unspecified atom stereocenters. The first-order chi connectivity index (χ1) is 7.16. The summed E-state index contributed by atoms with van der Waals surface area (Å²) in [5, 5.41) is 11.7. The van der Waals surface area contributed by atoms with Crippen LogP contribution in [0.4, 0.5) is 5.95 Å². The molecule has 1 heterocycles. The van der Waals surface area contributed by atoms with Crippen LogP contribution in [0.25, 0.3) is 0 Å². The standard InChI is InChI=1S/C9H11N3O2S/c13-8(14)6-3-4-10-9(11-6)12-7(15)5-1-2-5/h3-5,7,15H,1-2H2,(H,13,14)(H,10,11,12). The van der Waals surface area contributed by atoms with Crippen molar-refractivity contribution in [3.05, 3.63) is 18.0 Å². The van der Waals surface area contributed by atoms with E-state index in [0.717, 1.165) is 12.8 Å². The summed E-state index contributed by atoms with van der Waals surface area (Å²) in [6.07, 6.45) is 3.73. The van der Waals surface area contributed by atoms with Gasteiger partial charge in [0.25, 0.3) is 0 Å². The lowest BCUT2D eigenvalue weighted by atomic mass is 10.4. The summed E-state index contributed by atoms with van der Waals surface area (Å²) in [5.74, 6) is -0.185. The average molecular weight is 225 g/mol. The zero-order chi connectivity index (χ0) is 10.8. The Balaban J connectivity index is 2.07. The summed E-state index contributed by atoms with van der Waals surface area (Å²) in [4.78, 5) is 18.4. The van der Waals surface area contributed by atoms with Gasteiger partial charge in [-0.05, 0) is 24.8 Å². The van der Waals surface area contributed by atoms with Gasteiger partial charge in [-0.25, -0.2) is 14.8 Å². The second-order valence-electron chi connectivity index (χ2n) is 3.50. The first kappa shape index (κ1) is 10.2. The number of aromatic carboxylic acids is 1. The lowest BCUT2D eigenvalue weighted by molar-refractivity contribution is 0.0690. The number of rotatable bonds is 4. The first-order valence-corrected chi connectivity index (χ1v) is 5.19. The summed E-state index contributed by atoms with van der Waals surface area (Å²) in [5.41, 5.74) is -0.0103. The molecule has 0 bridgehead atoms. The van der Waals surface area contributed by atoms with Gasteiger partial charge in [-0.3, -0.25) is 0 Å². The maximum Gasteiger partial charge on any atom is 0.354 e. The second kappa shape index (κ2) is 4.06. The van der Waals surface area contributed by atoms with Gasteiger partial charge in [0.15, 0.2) is 5.69 Å². The highest BCUT2D eigenvalue weighted by molar-refractivity contribution is 7.81. The van der Waals surface area contributed by atoms with Gasteiger partial charge in [-0.2, -0.15) is 12.6 Å². The Hall–Kier alpha value is -1.30. The Morgan fingerprint density at radius 1 is 1.67 bits per heavy atom. The predicted molar refractivity (Wildman–Crippen MR) is 58.1 cm³/mol. The fourth-order valence-corrected chi connectivity index (χ4v) is 1.62. The molecule has 0 aromatic carbocycles. The smallest absolute Gasteiger partial charge is 0.354 e. The number of carbonyl (C=O) groups is 1. The zero-order valence-electron chi connectivity index (χ0n) is 7.92. The van der Waals surface area contributed by atoms with Crippen molar-refractivity contribution in [1.82, 2.24) is 9.97 Å². The van der Waals surface area contributed by atoms with Crippen LogP contribution in [0.2, 0.25) is 0 Å². The number of hydrogen-bond acceptors (Lipinski definition) is 5. The van der Waals surface area contributed by atoms with Crippen molar-refractivity contribution >= 4 is 24.5 Å². The van der Waals surface area contributed by atoms with E-state index in [4.69, 9.17) is 5.11 Å². The third kappa shape index (κ3) is 2.59. The van der Waals surface area contributed by atoms with Gasteiger partial charge in [0.05, 0.1) is 5.37 Å². The highest BCUT2D eigenvalue weighted by Crippen LogP contribution is 2.35. The molecule has 1 aliphatic carbocycles. The van der Waals surface area contributed by atoms with Gasteiger partial charge in [-0.1, -0.05) is 0 Å². The van der Waals surface area contributed by atoms with E-state index in [2.05, 4.69) is 27.9 Å². The van der Waals surface area contributed by atoms with Crippen molar-refractivity contribution in [3.8, 4) is 0 Å². The van der Waals surface area contributed by atoms with Crippen LogP contribution in [0.15, 0.2) is 12.3 Å². The number of nitrogens with one attached hydrogen (secondary N) is 1. The normalized spacial score (nSPS) is 17.1. The molecule has 1 saturated carbocycles. The topological polar surface area (TPSA) is 75.1 Å². The summed E-state index contributed by atoms with van der Waals surface area (Å²) in [7, 11) is 0. The summed E-state index contributed by atoms with van der Waals surface area (Å²) in [6.45, 7) is 0. The Labute approximate surface area is 92.4 Å². The zero-order valence-corrected chi connectivity index (χ0v) is 8.82. The van der Waals surface area contributed by atoms with Gasteiger partial charge < -0.3 is 10.4 Å². The van der Waals surface area contributed by atoms with Crippen molar-refractivity contribution in [2.75, 3.05) is 5.32 Å². The highest BCUT2D eigenvalue weighted by atomic mass is 32.1. The molecule has 1 atom stereocenters. The fraction of sp³-hybridized carbons (Fsp3) is 0.444. The Kier molecular flexibility index (Phi) is 2.77. The Morgan fingerprint density at radius 3 is 3.00 bits per heavy atom. The number of carboxylic acids is 1. The molecular formula is C9H11N3O2S. The second-order valence-corrected chi connectivity index (χ2v) is 4.05. The minimum absolute atomic E-state index is 0.00837. The number of carboxylic acid groups (broad SMARTS) is 1. The van der Waals surface area contributed by atoms with E-state index < -0.39 is 5.97 Å². The molecule has 0 radical (unpaired) electrons. The SMILES string of the molecule is O=C(O)c1ccnc(NC(S)C2CC2)n1. The van der Waals surface area contributed by atoms with Crippen molar-refractivity contribution in [1.29, 1.82) is 0 Å². The highest BCUT2D eigenvalue weighted by Gasteiger charge is 2.29. The van der Waals surface area contributed by atoms with Crippen molar-refractivity contribution in [3.63, 3.8) is 0 Å². The molecule has 5 nitrogen and oxygen atoms in total. The molecule has 0 amide bonds. The molecule has 1 fully saturated rings. The monoisotopic (exact) mass is 225 g/mol. The predicted octanol–water partition coefficient (Wildman–Crippen LogP) is 1.25. The van der Waals surface area contributed by atoms with E-state index in [1.54, 1.807) is 0 Å². The molecule has 1 aliphatic rings. The summed E-state index contributed by atoms with van der Waals surface area (Å²) >= 11 is 4.35. The molecule has 80 valence electrons. The largest absolute Gasteiger partial charge is 0.477 e. The van der Waals surface area contributed by atoms with Crippen LogP contribution in [-0.2, 0) is 0 Å². The molecule has 0 aliphatic heterocycles. The summed E-state index contributed by atoms with van der Waals surface area (Å²) in [6, 6.07) is 1.36. The van der Waals surface area contributed by atoms with E-state index >= 15 is 0 Å². The fourth-order valence-electron chi connectivity index (χ4n) is 1.21. The van der Waals surface area contributed by atoms with E-state index in [9.17, 15) is 4.79 Å². The van der Waals surface area contributed by atoms with Crippen LogP contribution in [0, 0.1) is 5.92 Å². The van der Waals surface area contributed by atoms with Crippen LogP contribution in [0.3, 0.4) is 0 Å². The minimum Gasteiger partial charge on any atom is -0.477 e. The maximum atomic E-state index is 10.6. The van der Waals surface area contributed by atoms with Crippen LogP contribution in [0.1, 0.15) is 23.3 Å². The van der Waals surface area contributed by atoms with Crippen molar-refractivity contribution in [2.45, 2.75) is 18.2 Å². The third-order valence-electron chi connectivity index (χ3n) is 2.22. The molecule has 1 aromatic heterocycles. The van der Waals surface area contributed by atoms with Gasteiger partial charge in [-0.15, -0.1) is 0 Å². The first-order valence-electron chi connectivity index (χ1n) is 4.68. The number of aromatic nitrogens is 2. The summed E-state index contributed by atoms with van der Waals surface area (Å²) < 4.78 is 0. The number of hydrogen-bond donors (Lipinski definition) is 3. The van der Waals surface area contributed by atoms with Crippen LogP contribution in [-0.4, -0.2) is 26.4 Å². The average Bonchev–Trinajstić information content (AvgIpc) is 3.01. The quantitative estimate of drug-likeness (QED) is 0.531. The molecule has 2 rings (SSSR count). The Morgan fingerprint density at radius 2 is 2.40 bits per heavy atom. The molecule has 15 heavy (non-hydrogen) atoms. The van der Waals surface area contributed by atoms with Crippen LogP contribution >= 0.6 is 12.6 Å². The van der Waals surface area contributed by atoms with Gasteiger partial charge in [0.2, 0.25) is 5.95 Å². The third-order valence-corrected chi connectivity index (χ3v) is 2.77. The number of anilines is 1. The van der Waals surface area contributed by atoms with E-state index in [1.165, 1.54) is 12.3 Å².